The van der Waals surface area contributed by atoms with Crippen LogP contribution in [0.5, 0.6) is 0 Å². The Morgan fingerprint density at radius 2 is 1.96 bits per heavy atom. The molecule has 0 atom stereocenters. The average molecular weight is 410 g/mol. The van der Waals surface area contributed by atoms with E-state index in [-0.39, 0.29) is 10.1 Å². The molecule has 0 fully saturated rings. The number of rotatable bonds is 3. The van der Waals surface area contributed by atoms with Gasteiger partial charge in [-0.3, -0.25) is 19.3 Å². The second-order valence-electron chi connectivity index (χ2n) is 6.02. The Morgan fingerprint density at radius 3 is 2.68 bits per heavy atom. The van der Waals surface area contributed by atoms with Gasteiger partial charge in [0.15, 0.2) is 5.82 Å². The van der Waals surface area contributed by atoms with E-state index in [1.165, 1.54) is 20.8 Å². The van der Waals surface area contributed by atoms with E-state index in [0.717, 1.165) is 16.2 Å². The molecule has 1 amide bonds. The molecular weight excluding hydrogens is 400 g/mol. The number of nitrogens with zero attached hydrogens (tertiary/aromatic N) is 4. The van der Waals surface area contributed by atoms with Crippen molar-refractivity contribution in [3.63, 3.8) is 0 Å². The number of carbonyl (C=O) groups is 2. The third kappa shape index (κ3) is 2.38. The van der Waals surface area contributed by atoms with Crippen LogP contribution in [0.1, 0.15) is 5.56 Å². The van der Waals surface area contributed by atoms with Gasteiger partial charge in [-0.1, -0.05) is 35.6 Å². The van der Waals surface area contributed by atoms with Crippen molar-refractivity contribution in [2.45, 2.75) is 0 Å². The van der Waals surface area contributed by atoms with Crippen LogP contribution in [0.2, 0.25) is 0 Å². The lowest BCUT2D eigenvalue weighted by Crippen LogP contribution is -2.35. The van der Waals surface area contributed by atoms with Gasteiger partial charge in [0, 0.05) is 5.56 Å². The summed E-state index contributed by atoms with van der Waals surface area (Å²) in [5.74, 6) is -1.18. The first-order chi connectivity index (χ1) is 13.5. The van der Waals surface area contributed by atoms with E-state index in [0.29, 0.717) is 22.0 Å². The number of carbonyl (C=O) groups excluding carboxylic acids is 1. The number of carboxylic acids is 1. The first-order valence-electron chi connectivity index (χ1n) is 8.15. The Hall–Kier alpha value is -3.37. The SMILES string of the molecule is O=C(O)CN1C(=O)/C(=c2\sc3nc(-c4cccs4)nn3c2=O)c2ccccc21. The van der Waals surface area contributed by atoms with E-state index in [1.807, 2.05) is 17.5 Å². The predicted octanol–water partition coefficient (Wildman–Crippen LogP) is 1.23. The Labute approximate surface area is 164 Å². The van der Waals surface area contributed by atoms with Gasteiger partial charge < -0.3 is 5.11 Å². The Kier molecular flexibility index (Phi) is 3.64. The summed E-state index contributed by atoms with van der Waals surface area (Å²) >= 11 is 2.55. The largest absolute Gasteiger partial charge is 0.480 e. The fourth-order valence-electron chi connectivity index (χ4n) is 3.19. The van der Waals surface area contributed by atoms with Gasteiger partial charge in [0.25, 0.3) is 11.5 Å². The van der Waals surface area contributed by atoms with E-state index in [4.69, 9.17) is 5.11 Å². The van der Waals surface area contributed by atoms with Crippen molar-refractivity contribution in [2.24, 2.45) is 0 Å². The molecule has 10 heteroatoms. The third-order valence-corrected chi connectivity index (χ3v) is 6.24. The van der Waals surface area contributed by atoms with E-state index in [9.17, 15) is 14.4 Å². The molecule has 8 nitrogen and oxygen atoms in total. The minimum Gasteiger partial charge on any atom is -0.480 e. The summed E-state index contributed by atoms with van der Waals surface area (Å²) in [5.41, 5.74) is 0.763. The molecule has 4 aromatic rings. The maximum Gasteiger partial charge on any atom is 0.323 e. The molecule has 0 saturated heterocycles. The number of anilines is 1. The summed E-state index contributed by atoms with van der Waals surface area (Å²) in [4.78, 5) is 43.9. The molecule has 1 aliphatic rings. The van der Waals surface area contributed by atoms with Crippen molar-refractivity contribution in [3.05, 3.63) is 62.2 Å². The highest BCUT2D eigenvalue weighted by Gasteiger charge is 2.35. The zero-order valence-electron chi connectivity index (χ0n) is 14.0. The van der Waals surface area contributed by atoms with Gasteiger partial charge in [0.2, 0.25) is 4.96 Å². The van der Waals surface area contributed by atoms with E-state index >= 15 is 0 Å². The second-order valence-corrected chi connectivity index (χ2v) is 7.95. The molecule has 0 aliphatic carbocycles. The first-order valence-corrected chi connectivity index (χ1v) is 9.85. The first kappa shape index (κ1) is 16.8. The number of benzene rings is 1. The number of hydrogen-bond acceptors (Lipinski definition) is 7. The summed E-state index contributed by atoms with van der Waals surface area (Å²) in [6.45, 7) is -0.475. The molecular formula is C18H10N4O4S2. The highest BCUT2D eigenvalue weighted by Crippen LogP contribution is 2.35. The molecule has 138 valence electrons. The topological polar surface area (TPSA) is 105 Å². The molecule has 0 radical (unpaired) electrons. The van der Waals surface area contributed by atoms with Gasteiger partial charge in [-0.2, -0.15) is 9.50 Å². The van der Waals surface area contributed by atoms with Crippen LogP contribution in [-0.2, 0) is 9.59 Å². The smallest absolute Gasteiger partial charge is 0.323 e. The monoisotopic (exact) mass is 410 g/mol. The number of fused-ring (bicyclic) bond motifs is 2. The highest BCUT2D eigenvalue weighted by atomic mass is 32.1. The number of thiazole rings is 1. The Balaban J connectivity index is 1.75. The molecule has 1 N–H and O–H groups in total. The van der Waals surface area contributed by atoms with E-state index in [2.05, 4.69) is 10.1 Å². The molecule has 0 bridgehead atoms. The number of aliphatic carboxylic acids is 1. The van der Waals surface area contributed by atoms with Crippen molar-refractivity contribution >= 4 is 50.8 Å². The summed E-state index contributed by atoms with van der Waals surface area (Å²) < 4.78 is 1.40. The second kappa shape index (κ2) is 6.08. The molecule has 0 spiro atoms. The van der Waals surface area contributed by atoms with Crippen molar-refractivity contribution in [2.75, 3.05) is 11.4 Å². The average Bonchev–Trinajstić information content (AvgIpc) is 3.42. The summed E-state index contributed by atoms with van der Waals surface area (Å²) in [5, 5.41) is 15.3. The van der Waals surface area contributed by atoms with Crippen LogP contribution >= 0.6 is 22.7 Å². The van der Waals surface area contributed by atoms with E-state index < -0.39 is 24.0 Å². The van der Waals surface area contributed by atoms with Crippen LogP contribution in [0.25, 0.3) is 21.2 Å². The van der Waals surface area contributed by atoms with Gasteiger partial charge in [-0.05, 0) is 17.5 Å². The third-order valence-electron chi connectivity index (χ3n) is 4.34. The number of carboxylic acid groups (broad SMARTS) is 1. The highest BCUT2D eigenvalue weighted by molar-refractivity contribution is 7.15. The minimum absolute atomic E-state index is 0.192. The number of hydrogen-bond donors (Lipinski definition) is 1. The molecule has 1 aromatic carbocycles. The molecule has 28 heavy (non-hydrogen) atoms. The zero-order valence-corrected chi connectivity index (χ0v) is 15.7. The van der Waals surface area contributed by atoms with Crippen molar-refractivity contribution < 1.29 is 14.7 Å². The van der Waals surface area contributed by atoms with Crippen LogP contribution in [0.3, 0.4) is 0 Å². The number of thiophene rings is 1. The standard InChI is InChI=1S/C18H10N4O4S2/c23-12(24)8-21-10-5-2-1-4-9(10)13(16(21)25)14-17(26)22-18(28-14)19-15(20-22)11-6-3-7-27-11/h1-7H,8H2,(H,23,24)/b14-13-. The number of para-hydroxylation sites is 1. The van der Waals surface area contributed by atoms with Crippen LogP contribution in [0.4, 0.5) is 5.69 Å². The van der Waals surface area contributed by atoms with Gasteiger partial charge in [0.1, 0.15) is 11.1 Å². The lowest BCUT2D eigenvalue weighted by molar-refractivity contribution is -0.136. The lowest BCUT2D eigenvalue weighted by atomic mass is 10.1. The van der Waals surface area contributed by atoms with Crippen molar-refractivity contribution in [3.8, 4) is 10.7 Å². The summed E-state index contributed by atoms with van der Waals surface area (Å²) in [6.07, 6.45) is 0. The maximum atomic E-state index is 12.9. The molecule has 4 heterocycles. The van der Waals surface area contributed by atoms with Crippen LogP contribution in [-0.4, -0.2) is 38.1 Å². The Bertz CT molecular complexity index is 1370. The molecule has 1 aliphatic heterocycles. The molecule has 5 rings (SSSR count). The lowest BCUT2D eigenvalue weighted by Gasteiger charge is -2.13. The molecule has 0 saturated carbocycles. The maximum absolute atomic E-state index is 12.9. The van der Waals surface area contributed by atoms with Gasteiger partial charge >= 0.3 is 5.97 Å². The van der Waals surface area contributed by atoms with Crippen LogP contribution < -0.4 is 15.0 Å². The number of amides is 1. The fourth-order valence-corrected chi connectivity index (χ4v) is 4.84. The number of aromatic nitrogens is 3. The quantitative estimate of drug-likeness (QED) is 0.545. The summed E-state index contributed by atoms with van der Waals surface area (Å²) in [7, 11) is 0. The van der Waals surface area contributed by atoms with E-state index in [1.54, 1.807) is 24.3 Å². The van der Waals surface area contributed by atoms with Crippen LogP contribution in [0, 0.1) is 0 Å². The normalized spacial score (nSPS) is 15.4. The van der Waals surface area contributed by atoms with Gasteiger partial charge in [-0.25, -0.2) is 0 Å². The van der Waals surface area contributed by atoms with Gasteiger partial charge in [0.05, 0.1) is 16.1 Å². The van der Waals surface area contributed by atoms with Gasteiger partial charge in [-0.15, -0.1) is 16.4 Å². The van der Waals surface area contributed by atoms with Crippen molar-refractivity contribution in [1.82, 2.24) is 14.6 Å². The molecule has 3 aromatic heterocycles. The minimum atomic E-state index is -1.13. The fraction of sp³-hybridized carbons (Fsp3) is 0.0556. The zero-order chi connectivity index (χ0) is 19.4. The predicted molar refractivity (Wildman–Crippen MR) is 105 cm³/mol. The Morgan fingerprint density at radius 1 is 1.14 bits per heavy atom. The summed E-state index contributed by atoms with van der Waals surface area (Å²) in [6, 6.07) is 10.6. The molecule has 0 unspecified atom stereocenters. The van der Waals surface area contributed by atoms with Crippen LogP contribution in [0.15, 0.2) is 46.6 Å². The van der Waals surface area contributed by atoms with Crippen molar-refractivity contribution in [1.29, 1.82) is 0 Å².